The average Bonchev–Trinajstić information content (AvgIpc) is 3.71. The number of aromatic nitrogens is 1. The van der Waals surface area contributed by atoms with Crippen LogP contribution in [0.25, 0.3) is 10.9 Å². The Morgan fingerprint density at radius 1 is 0.847 bits per heavy atom. The Morgan fingerprint density at radius 3 is 2.32 bits per heavy atom. The van der Waals surface area contributed by atoms with Gasteiger partial charge in [-0.1, -0.05) is 30.3 Å². The van der Waals surface area contributed by atoms with Crippen molar-refractivity contribution >= 4 is 75.8 Å². The highest BCUT2D eigenvalue weighted by atomic mass is 19.1. The second-order valence-corrected chi connectivity index (χ2v) is 17.5. The molecule has 23 nitrogen and oxygen atoms in total. The highest BCUT2D eigenvalue weighted by Gasteiger charge is 2.42. The van der Waals surface area contributed by atoms with Gasteiger partial charge in [0.05, 0.1) is 29.9 Å². The topological polar surface area (TPSA) is 342 Å². The molecular formula is C48H55FN12O11. The van der Waals surface area contributed by atoms with Crippen molar-refractivity contribution in [1.29, 1.82) is 0 Å². The minimum absolute atomic E-state index is 0.0203. The Morgan fingerprint density at radius 2 is 1.57 bits per heavy atom. The molecule has 4 aromatic rings. The number of hydrogen-bond acceptors (Lipinski definition) is 12. The van der Waals surface area contributed by atoms with E-state index in [1.165, 1.54) is 12.1 Å². The van der Waals surface area contributed by atoms with Crippen LogP contribution in [-0.2, 0) is 51.2 Å². The van der Waals surface area contributed by atoms with Crippen LogP contribution in [0.15, 0.2) is 71.7 Å². The van der Waals surface area contributed by atoms with E-state index in [-0.39, 0.29) is 68.2 Å². The van der Waals surface area contributed by atoms with Gasteiger partial charge in [-0.2, -0.15) is 0 Å². The Balaban J connectivity index is 1.01. The van der Waals surface area contributed by atoms with Crippen molar-refractivity contribution in [2.45, 2.75) is 81.7 Å². The number of amides is 7. The number of hydrogen-bond donors (Lipinski definition) is 10. The molecule has 3 aliphatic rings. The maximum absolute atomic E-state index is 14.1. The van der Waals surface area contributed by atoms with Gasteiger partial charge in [-0.3, -0.25) is 48.1 Å². The first-order valence-corrected chi connectivity index (χ1v) is 23.2. The number of nitrogens with one attached hydrogen (secondary N) is 7. The number of aromatic amines is 1. The normalized spacial score (nSPS) is 20.4. The molecule has 4 heterocycles. The quantitative estimate of drug-likeness (QED) is 0.0236. The molecular weight excluding hydrogens is 940 g/mol. The number of guanidine groups is 1. The molecule has 1 aromatic heterocycles. The van der Waals surface area contributed by atoms with Gasteiger partial charge in [0.25, 0.3) is 5.91 Å². The molecule has 0 radical (unpaired) electrons. The van der Waals surface area contributed by atoms with Crippen molar-refractivity contribution in [2.75, 3.05) is 38.1 Å². The van der Waals surface area contributed by atoms with Crippen LogP contribution in [-0.4, -0.2) is 132 Å². The average molecular weight is 995 g/mol. The number of carbonyl (C=O) groups is 9. The Labute approximate surface area is 411 Å². The molecule has 0 saturated carbocycles. The van der Waals surface area contributed by atoms with Crippen LogP contribution < -0.4 is 53.0 Å². The van der Waals surface area contributed by atoms with E-state index in [0.29, 0.717) is 24.2 Å². The number of esters is 1. The van der Waals surface area contributed by atoms with Crippen LogP contribution in [0.3, 0.4) is 0 Å². The van der Waals surface area contributed by atoms with Gasteiger partial charge in [0.1, 0.15) is 41.9 Å². The van der Waals surface area contributed by atoms with Gasteiger partial charge in [-0.05, 0) is 73.2 Å². The number of nitrogens with zero attached hydrogens (tertiary/aromatic N) is 3. The van der Waals surface area contributed by atoms with E-state index in [2.05, 4.69) is 41.9 Å². The van der Waals surface area contributed by atoms with E-state index < -0.39 is 103 Å². The lowest BCUT2D eigenvalue weighted by Gasteiger charge is -2.46. The van der Waals surface area contributed by atoms with Gasteiger partial charge in [0, 0.05) is 56.8 Å². The lowest BCUT2D eigenvalue weighted by Crippen LogP contribution is -2.60. The molecule has 3 aromatic carbocycles. The zero-order valence-corrected chi connectivity index (χ0v) is 39.1. The molecule has 0 aliphatic carbocycles. The summed E-state index contributed by atoms with van der Waals surface area (Å²) in [4.78, 5) is 130. The molecule has 24 heteroatoms. The third kappa shape index (κ3) is 12.6. The third-order valence-corrected chi connectivity index (χ3v) is 12.4. The lowest BCUT2D eigenvalue weighted by molar-refractivity contribution is -0.141. The molecule has 7 rings (SSSR count). The Hall–Kier alpha value is -8.57. The molecule has 3 aliphatic heterocycles. The number of carboxylic acids is 1. The predicted molar refractivity (Wildman–Crippen MR) is 256 cm³/mol. The van der Waals surface area contributed by atoms with Crippen molar-refractivity contribution in [2.24, 2.45) is 16.5 Å². The van der Waals surface area contributed by atoms with E-state index in [9.17, 15) is 52.6 Å². The summed E-state index contributed by atoms with van der Waals surface area (Å²) in [7, 11) is 1.84. The van der Waals surface area contributed by atoms with E-state index in [1.54, 1.807) is 59.5 Å². The monoisotopic (exact) mass is 994 g/mol. The van der Waals surface area contributed by atoms with Gasteiger partial charge >= 0.3 is 11.9 Å². The Bertz CT molecular complexity index is 2800. The van der Waals surface area contributed by atoms with Crippen LogP contribution in [0, 0.1) is 5.82 Å². The molecule has 1 unspecified atom stereocenters. The number of ether oxygens (including phenoxy) is 1. The largest absolute Gasteiger partial charge is 0.481 e. The molecule has 5 atom stereocenters. The summed E-state index contributed by atoms with van der Waals surface area (Å²) in [5, 5.41) is 25.1. The number of nitrogens with two attached hydrogens (primary N) is 2. The van der Waals surface area contributed by atoms with E-state index in [4.69, 9.17) is 16.2 Å². The van der Waals surface area contributed by atoms with Gasteiger partial charge < -0.3 is 68.0 Å². The number of aliphatic carboxylic acids is 1. The van der Waals surface area contributed by atoms with E-state index in [0.717, 1.165) is 22.2 Å². The number of aliphatic imine (C=N–C) groups is 1. The summed E-state index contributed by atoms with van der Waals surface area (Å²) in [5.41, 5.74) is 14.8. The number of carboxylic acid groups (broad SMARTS) is 1. The smallest absolute Gasteiger partial charge is 0.311 e. The fourth-order valence-corrected chi connectivity index (χ4v) is 8.86. The van der Waals surface area contributed by atoms with E-state index in [1.807, 2.05) is 11.9 Å². The fourth-order valence-electron chi connectivity index (χ4n) is 8.86. The SMILES string of the molecule is CN1c2ccc(F)cc2C(=O)N2CCc3c([nH]c4ccc(OC(=O)CCCC(=O)NC[C@@H]5NC(=O)[C@H](Cc6ccccc6)NC(=O)[C@H](CC(=O)O)NC(=O)CNC(=O)[C@H](CCCN=C(N)N)NC5=O)cc34)C21. The number of fused-ring (bicyclic) bond motifs is 6. The highest BCUT2D eigenvalue weighted by Crippen LogP contribution is 2.43. The zero-order valence-electron chi connectivity index (χ0n) is 39.1. The zero-order chi connectivity index (χ0) is 51.6. The second kappa shape index (κ2) is 22.9. The molecule has 1 fully saturated rings. The molecule has 0 spiro atoms. The molecule has 0 bridgehead atoms. The lowest BCUT2D eigenvalue weighted by atomic mass is 9.96. The third-order valence-electron chi connectivity index (χ3n) is 12.4. The molecule has 380 valence electrons. The summed E-state index contributed by atoms with van der Waals surface area (Å²) in [6.45, 7) is -0.804. The minimum atomic E-state index is -1.67. The van der Waals surface area contributed by atoms with Crippen molar-refractivity contribution in [3.8, 4) is 5.75 Å². The van der Waals surface area contributed by atoms with E-state index >= 15 is 0 Å². The number of H-pyrrole nitrogens is 1. The van der Waals surface area contributed by atoms with Crippen molar-refractivity contribution in [3.63, 3.8) is 0 Å². The standard InChI is InChI=1S/C48H55FN12O11/c1-60-36-15-12-26(49)20-30(36)47(71)61-18-16-28-29-21-27(13-14-31(29)56-41(28)46(60)61)72-40(66)11-5-10-37(62)53-23-35-45(70)57-32(9-6-17-52-48(50)51)42(67)54-24-38(63)55-34(22-39(64)65)44(69)58-33(43(68)59-35)19-25-7-3-2-4-8-25/h2-4,7-8,12-15,20-21,32-35,46,56H,5-6,9-11,16-19,22-24H2,1H3,(H,53,62)(H,54,67)(H,55,63)(H,57,70)(H,58,69)(H,59,68)(H,64,65)(H4,50,51,52)/t32-,33-,34-,35-,46?/m0/s1. The number of carbonyl (C=O) groups excluding carboxylic acids is 8. The summed E-state index contributed by atoms with van der Waals surface area (Å²) in [5.74, 6) is -8.09. The van der Waals surface area contributed by atoms with Gasteiger partial charge in [0.2, 0.25) is 35.4 Å². The number of rotatable bonds is 15. The number of benzene rings is 3. The summed E-state index contributed by atoms with van der Waals surface area (Å²) >= 11 is 0. The molecule has 7 amide bonds. The van der Waals surface area contributed by atoms with Gasteiger partial charge in [-0.25, -0.2) is 4.39 Å². The van der Waals surface area contributed by atoms with Crippen LogP contribution in [0.4, 0.5) is 10.1 Å². The van der Waals surface area contributed by atoms with Crippen LogP contribution in [0.1, 0.15) is 71.9 Å². The van der Waals surface area contributed by atoms with Gasteiger partial charge in [-0.15, -0.1) is 0 Å². The van der Waals surface area contributed by atoms with Crippen molar-refractivity contribution in [1.82, 2.24) is 41.8 Å². The summed E-state index contributed by atoms with van der Waals surface area (Å²) in [6, 6.07) is 11.7. The second-order valence-electron chi connectivity index (χ2n) is 17.5. The summed E-state index contributed by atoms with van der Waals surface area (Å²) < 4.78 is 19.8. The number of anilines is 1. The first kappa shape index (κ1) is 51.3. The molecule has 1 saturated heterocycles. The maximum Gasteiger partial charge on any atom is 0.311 e. The maximum atomic E-state index is 14.1. The summed E-state index contributed by atoms with van der Waals surface area (Å²) in [6.07, 6.45) is -1.26. The first-order valence-electron chi connectivity index (χ1n) is 23.2. The minimum Gasteiger partial charge on any atom is -0.481 e. The van der Waals surface area contributed by atoms with Gasteiger partial charge in [0.15, 0.2) is 5.96 Å². The van der Waals surface area contributed by atoms with Crippen LogP contribution >= 0.6 is 0 Å². The van der Waals surface area contributed by atoms with Crippen molar-refractivity contribution in [3.05, 3.63) is 94.9 Å². The predicted octanol–water partition coefficient (Wildman–Crippen LogP) is -0.514. The number of halogens is 1. The first-order chi connectivity index (χ1) is 34.4. The Kier molecular flexibility index (Phi) is 16.3. The van der Waals surface area contributed by atoms with Crippen molar-refractivity contribution < 1.29 is 57.4 Å². The molecule has 72 heavy (non-hydrogen) atoms. The van der Waals surface area contributed by atoms with Crippen LogP contribution in [0.5, 0.6) is 5.75 Å². The van der Waals surface area contributed by atoms with Crippen LogP contribution in [0.2, 0.25) is 0 Å². The highest BCUT2D eigenvalue weighted by molar-refractivity contribution is 6.03. The molecule has 12 N–H and O–H groups in total. The fraction of sp³-hybridized carbons (Fsp3) is 0.375.